The fourth-order valence-electron chi connectivity index (χ4n) is 5.15. The van der Waals surface area contributed by atoms with Crippen LogP contribution in [0.2, 0.25) is 0 Å². The molecule has 3 rings (SSSR count). The highest BCUT2D eigenvalue weighted by molar-refractivity contribution is 7.91. The molecule has 0 aromatic heterocycles. The van der Waals surface area contributed by atoms with Gasteiger partial charge in [-0.3, -0.25) is 4.79 Å². The van der Waals surface area contributed by atoms with Gasteiger partial charge in [-0.1, -0.05) is 69.7 Å². The van der Waals surface area contributed by atoms with Crippen LogP contribution < -0.4 is 13.8 Å². The molecule has 2 aromatic rings. The maximum atomic E-state index is 17.0. The Bertz CT molecular complexity index is 1560. The number of halogens is 1. The lowest BCUT2D eigenvalue weighted by molar-refractivity contribution is -0.138. The molecule has 1 heterocycles. The van der Waals surface area contributed by atoms with Gasteiger partial charge in [0, 0.05) is 12.6 Å². The lowest BCUT2D eigenvalue weighted by atomic mass is 9.89. The second kappa shape index (κ2) is 16.7. The molecule has 0 spiro atoms. The number of amides is 2. The Morgan fingerprint density at radius 3 is 2.48 bits per heavy atom. The molecular formula is C34H46FN3O9S. The highest BCUT2D eigenvalue weighted by Gasteiger charge is 2.39. The van der Waals surface area contributed by atoms with Crippen LogP contribution in [0.25, 0.3) is 0 Å². The van der Waals surface area contributed by atoms with E-state index < -0.39 is 58.1 Å². The first kappa shape index (κ1) is 38.1. The van der Waals surface area contributed by atoms with Gasteiger partial charge in [-0.05, 0) is 62.3 Å². The standard InChI is InChI=1S/C34H46FN3O9S/c1-8-17-45-32(40)36-48(42,43)38(21-29(39)44-7)31-28(46-22-24-14-10-9-11-15-24)18-25-20-37(33(41)47-34(4,5)6)26(16-12-13-23(2)3)19-27(25)30(31)35/h8-11,14-15,18,23,26H,1,12-13,16-17,19-22H2,2-7H3,(H,36,40)/t26-/m0/s1. The Morgan fingerprint density at radius 2 is 1.88 bits per heavy atom. The predicted molar refractivity (Wildman–Crippen MR) is 178 cm³/mol. The summed E-state index contributed by atoms with van der Waals surface area (Å²) in [6, 6.07) is 9.87. The molecule has 0 bridgehead atoms. The van der Waals surface area contributed by atoms with Gasteiger partial charge in [0.25, 0.3) is 0 Å². The molecule has 0 saturated heterocycles. The minimum absolute atomic E-state index is 0.0331. The van der Waals surface area contributed by atoms with E-state index in [0.29, 0.717) is 27.8 Å². The van der Waals surface area contributed by atoms with Crippen LogP contribution in [-0.2, 0) is 48.8 Å². The molecule has 0 radical (unpaired) electrons. The largest absolute Gasteiger partial charge is 0.487 e. The van der Waals surface area contributed by atoms with Crippen LogP contribution in [0.5, 0.6) is 5.75 Å². The molecule has 1 N–H and O–H groups in total. The maximum absolute atomic E-state index is 17.0. The van der Waals surface area contributed by atoms with Crippen LogP contribution in [-0.4, -0.2) is 63.4 Å². The first-order valence-electron chi connectivity index (χ1n) is 15.7. The zero-order valence-electron chi connectivity index (χ0n) is 28.4. The van der Waals surface area contributed by atoms with Crippen molar-refractivity contribution in [1.82, 2.24) is 9.62 Å². The number of benzene rings is 2. The van der Waals surface area contributed by atoms with Gasteiger partial charge in [0.1, 0.15) is 36.8 Å². The van der Waals surface area contributed by atoms with Gasteiger partial charge in [-0.2, -0.15) is 8.42 Å². The van der Waals surface area contributed by atoms with Gasteiger partial charge in [0.05, 0.1) is 7.11 Å². The second-order valence-electron chi connectivity index (χ2n) is 12.8. The maximum Gasteiger partial charge on any atom is 0.422 e. The van der Waals surface area contributed by atoms with Crippen molar-refractivity contribution < 1.29 is 46.1 Å². The highest BCUT2D eigenvalue weighted by atomic mass is 32.2. The molecule has 264 valence electrons. The number of carbonyl (C=O) groups is 3. The summed E-state index contributed by atoms with van der Waals surface area (Å²) in [4.78, 5) is 39.9. The van der Waals surface area contributed by atoms with Crippen molar-refractivity contribution in [2.24, 2.45) is 5.92 Å². The molecule has 0 aliphatic carbocycles. The van der Waals surface area contributed by atoms with E-state index in [-0.39, 0.29) is 37.5 Å². The summed E-state index contributed by atoms with van der Waals surface area (Å²) in [7, 11) is -3.93. The fourth-order valence-corrected chi connectivity index (χ4v) is 6.21. The van der Waals surface area contributed by atoms with Crippen LogP contribution in [0.15, 0.2) is 49.1 Å². The molecular weight excluding hydrogens is 645 g/mol. The van der Waals surface area contributed by atoms with Crippen LogP contribution >= 0.6 is 0 Å². The third-order valence-corrected chi connectivity index (χ3v) is 8.71. The van der Waals surface area contributed by atoms with Gasteiger partial charge < -0.3 is 23.8 Å². The summed E-state index contributed by atoms with van der Waals surface area (Å²) in [5.74, 6) is -1.85. The topological polar surface area (TPSA) is 141 Å². The number of carbonyl (C=O) groups excluding carboxylic acids is 3. The first-order chi connectivity index (χ1) is 22.6. The Kier molecular flexibility index (Phi) is 13.2. The van der Waals surface area contributed by atoms with Crippen molar-refractivity contribution in [3.63, 3.8) is 0 Å². The number of methoxy groups -OCH3 is 1. The molecule has 1 atom stereocenters. The van der Waals surface area contributed by atoms with E-state index in [4.69, 9.17) is 18.9 Å². The van der Waals surface area contributed by atoms with Gasteiger partial charge in [0.2, 0.25) is 0 Å². The average molecular weight is 692 g/mol. The van der Waals surface area contributed by atoms with Crippen LogP contribution in [0.3, 0.4) is 0 Å². The van der Waals surface area contributed by atoms with Gasteiger partial charge >= 0.3 is 28.4 Å². The number of esters is 1. The molecule has 48 heavy (non-hydrogen) atoms. The summed E-state index contributed by atoms with van der Waals surface area (Å²) < 4.78 is 67.6. The molecule has 1 aliphatic rings. The molecule has 12 nitrogen and oxygen atoms in total. The highest BCUT2D eigenvalue weighted by Crippen LogP contribution is 2.41. The van der Waals surface area contributed by atoms with E-state index in [1.165, 1.54) is 12.1 Å². The van der Waals surface area contributed by atoms with E-state index in [9.17, 15) is 22.8 Å². The van der Waals surface area contributed by atoms with Crippen molar-refractivity contribution in [2.75, 3.05) is 24.6 Å². The number of hydrogen-bond donors (Lipinski definition) is 1. The SMILES string of the molecule is C=CCOC(=O)NS(=O)(=O)N(CC(=O)OC)c1c(OCc2ccccc2)cc2c(c1F)C[C@H](CCCC(C)C)N(C(=O)OC(C)(C)C)C2. The number of hydrogen-bond acceptors (Lipinski definition) is 9. The lowest BCUT2D eigenvalue weighted by Crippen LogP contribution is -2.48. The van der Waals surface area contributed by atoms with Crippen LogP contribution in [0.4, 0.5) is 19.7 Å². The Hall–Kier alpha value is -4.33. The zero-order valence-corrected chi connectivity index (χ0v) is 29.2. The summed E-state index contributed by atoms with van der Waals surface area (Å²) in [6.45, 7) is 11.4. The van der Waals surface area contributed by atoms with E-state index >= 15 is 4.39 Å². The fraction of sp³-hybridized carbons (Fsp3) is 0.500. The summed E-state index contributed by atoms with van der Waals surface area (Å²) in [5, 5.41) is 0. The number of nitrogens with zero attached hydrogens (tertiary/aromatic N) is 2. The molecule has 2 amide bonds. The molecule has 0 saturated carbocycles. The summed E-state index contributed by atoms with van der Waals surface area (Å²) >= 11 is 0. The summed E-state index contributed by atoms with van der Waals surface area (Å²) in [6.07, 6.45) is 1.51. The van der Waals surface area contributed by atoms with Crippen molar-refractivity contribution in [3.8, 4) is 5.75 Å². The molecule has 14 heteroatoms. The van der Waals surface area contributed by atoms with Gasteiger partial charge in [-0.15, -0.1) is 0 Å². The Morgan fingerprint density at radius 1 is 1.19 bits per heavy atom. The van der Waals surface area contributed by atoms with Gasteiger partial charge in [0.15, 0.2) is 5.82 Å². The number of ether oxygens (including phenoxy) is 4. The first-order valence-corrected chi connectivity index (χ1v) is 17.2. The van der Waals surface area contributed by atoms with Crippen molar-refractivity contribution >= 4 is 34.1 Å². The van der Waals surface area contributed by atoms with E-state index in [1.54, 1.807) is 60.7 Å². The number of fused-ring (bicyclic) bond motifs is 1. The Labute approximate surface area is 282 Å². The van der Waals surface area contributed by atoms with E-state index in [0.717, 1.165) is 20.0 Å². The lowest BCUT2D eigenvalue weighted by Gasteiger charge is -2.39. The molecule has 2 aromatic carbocycles. The smallest absolute Gasteiger partial charge is 0.422 e. The monoisotopic (exact) mass is 691 g/mol. The molecule has 0 fully saturated rings. The zero-order chi connectivity index (χ0) is 35.6. The molecule has 0 unspecified atom stereocenters. The third-order valence-electron chi connectivity index (χ3n) is 7.39. The normalized spacial score (nSPS) is 14.5. The van der Waals surface area contributed by atoms with E-state index in [2.05, 4.69) is 20.4 Å². The minimum Gasteiger partial charge on any atom is -0.487 e. The van der Waals surface area contributed by atoms with E-state index in [1.807, 2.05) is 0 Å². The van der Waals surface area contributed by atoms with Gasteiger partial charge in [-0.25, -0.2) is 23.0 Å². The number of nitrogens with one attached hydrogen (secondary N) is 1. The average Bonchev–Trinajstić information content (AvgIpc) is 3.01. The van der Waals surface area contributed by atoms with Crippen LogP contribution in [0, 0.1) is 11.7 Å². The summed E-state index contributed by atoms with van der Waals surface area (Å²) in [5.41, 5.74) is -0.173. The third kappa shape index (κ3) is 10.6. The van der Waals surface area contributed by atoms with Crippen molar-refractivity contribution in [2.45, 2.75) is 85.1 Å². The van der Waals surface area contributed by atoms with Crippen LogP contribution in [0.1, 0.15) is 70.6 Å². The second-order valence-corrected chi connectivity index (χ2v) is 14.4. The number of rotatable bonds is 14. The molecule has 1 aliphatic heterocycles. The minimum atomic E-state index is -4.98. The van der Waals surface area contributed by atoms with Crippen molar-refractivity contribution in [3.05, 3.63) is 71.6 Å². The quantitative estimate of drug-likeness (QED) is 0.143. The van der Waals surface area contributed by atoms with Crippen molar-refractivity contribution in [1.29, 1.82) is 0 Å². The Balaban J connectivity index is 2.20. The predicted octanol–water partition coefficient (Wildman–Crippen LogP) is 6.03. The number of anilines is 1.